The lowest BCUT2D eigenvalue weighted by atomic mass is 10.1. The Hall–Kier alpha value is -2.21. The fourth-order valence-corrected chi connectivity index (χ4v) is 2.42. The molecule has 3 rings (SSSR count). The Labute approximate surface area is 122 Å². The van der Waals surface area contributed by atoms with E-state index in [9.17, 15) is 4.79 Å². The van der Waals surface area contributed by atoms with Crippen LogP contribution in [0.5, 0.6) is 0 Å². The van der Waals surface area contributed by atoms with E-state index in [0.29, 0.717) is 13.2 Å². The first-order chi connectivity index (χ1) is 10.3. The topological polar surface area (TPSA) is 68.5 Å². The number of piperidine rings is 1. The van der Waals surface area contributed by atoms with Gasteiger partial charge < -0.3 is 14.1 Å². The molecule has 1 amide bonds. The second kappa shape index (κ2) is 6.49. The summed E-state index contributed by atoms with van der Waals surface area (Å²) >= 11 is 0. The van der Waals surface area contributed by atoms with E-state index in [2.05, 4.69) is 9.97 Å². The molecular weight excluding hydrogens is 270 g/mol. The first-order valence-corrected chi connectivity index (χ1v) is 7.02. The molecule has 3 heterocycles. The third-order valence-corrected chi connectivity index (χ3v) is 3.50. The maximum absolute atomic E-state index is 12.2. The molecule has 1 atom stereocenters. The van der Waals surface area contributed by atoms with Crippen molar-refractivity contribution < 1.29 is 13.9 Å². The molecule has 6 heteroatoms. The van der Waals surface area contributed by atoms with Crippen LogP contribution in [0, 0.1) is 0 Å². The molecular formula is C15H17N3O3. The van der Waals surface area contributed by atoms with Crippen molar-refractivity contribution in [2.45, 2.75) is 25.6 Å². The molecule has 1 aliphatic heterocycles. The standard InChI is InChI=1S/C15H17N3O3/c19-15(14-8-16-11-21-14)18-7-3-5-13(9-18)20-10-12-4-1-2-6-17-12/h1-2,4,6,8,11,13H,3,5,7,9-10H2/t13-/m1/s1. The number of nitrogens with zero attached hydrogens (tertiary/aromatic N) is 3. The number of likely N-dealkylation sites (tertiary alicyclic amines) is 1. The van der Waals surface area contributed by atoms with Gasteiger partial charge in [0.2, 0.25) is 5.76 Å². The summed E-state index contributed by atoms with van der Waals surface area (Å²) in [7, 11) is 0. The second-order valence-electron chi connectivity index (χ2n) is 5.01. The van der Waals surface area contributed by atoms with Crippen molar-refractivity contribution in [1.82, 2.24) is 14.9 Å². The van der Waals surface area contributed by atoms with Crippen molar-refractivity contribution in [3.05, 3.63) is 48.4 Å². The summed E-state index contributed by atoms with van der Waals surface area (Å²) in [6, 6.07) is 5.74. The van der Waals surface area contributed by atoms with Crippen molar-refractivity contribution in [2.24, 2.45) is 0 Å². The van der Waals surface area contributed by atoms with Crippen molar-refractivity contribution in [3.8, 4) is 0 Å². The van der Waals surface area contributed by atoms with Gasteiger partial charge in [0, 0.05) is 19.3 Å². The molecule has 2 aromatic heterocycles. The van der Waals surface area contributed by atoms with E-state index in [1.807, 2.05) is 18.2 Å². The predicted molar refractivity (Wildman–Crippen MR) is 74.5 cm³/mol. The van der Waals surface area contributed by atoms with Gasteiger partial charge in [-0.1, -0.05) is 6.07 Å². The van der Waals surface area contributed by atoms with Crippen LogP contribution in [0.4, 0.5) is 0 Å². The smallest absolute Gasteiger partial charge is 0.291 e. The van der Waals surface area contributed by atoms with Crippen LogP contribution in [0.15, 0.2) is 41.4 Å². The van der Waals surface area contributed by atoms with Gasteiger partial charge in [-0.05, 0) is 25.0 Å². The number of aromatic nitrogens is 2. The van der Waals surface area contributed by atoms with Gasteiger partial charge in [0.15, 0.2) is 6.39 Å². The highest BCUT2D eigenvalue weighted by Gasteiger charge is 2.26. The molecule has 110 valence electrons. The molecule has 0 aliphatic carbocycles. The summed E-state index contributed by atoms with van der Waals surface area (Å²) in [5.41, 5.74) is 0.899. The largest absolute Gasteiger partial charge is 0.438 e. The quantitative estimate of drug-likeness (QED) is 0.859. The summed E-state index contributed by atoms with van der Waals surface area (Å²) < 4.78 is 10.9. The van der Waals surface area contributed by atoms with Gasteiger partial charge in [-0.15, -0.1) is 0 Å². The molecule has 1 fully saturated rings. The highest BCUT2D eigenvalue weighted by Crippen LogP contribution is 2.17. The normalized spacial score (nSPS) is 18.7. The maximum atomic E-state index is 12.2. The van der Waals surface area contributed by atoms with Gasteiger partial charge in [-0.25, -0.2) is 4.98 Å². The molecule has 6 nitrogen and oxygen atoms in total. The van der Waals surface area contributed by atoms with Crippen molar-refractivity contribution in [1.29, 1.82) is 0 Å². The number of rotatable bonds is 4. The fourth-order valence-electron chi connectivity index (χ4n) is 2.42. The fraction of sp³-hybridized carbons (Fsp3) is 0.400. The number of hydrogen-bond donors (Lipinski definition) is 0. The number of pyridine rings is 1. The van der Waals surface area contributed by atoms with Gasteiger partial charge in [-0.3, -0.25) is 9.78 Å². The Balaban J connectivity index is 1.55. The number of oxazole rings is 1. The van der Waals surface area contributed by atoms with E-state index in [0.717, 1.165) is 25.1 Å². The molecule has 0 bridgehead atoms. The lowest BCUT2D eigenvalue weighted by Crippen LogP contribution is -2.43. The van der Waals surface area contributed by atoms with E-state index in [1.54, 1.807) is 11.1 Å². The summed E-state index contributed by atoms with van der Waals surface area (Å²) in [4.78, 5) is 22.0. The second-order valence-corrected chi connectivity index (χ2v) is 5.01. The number of hydrogen-bond acceptors (Lipinski definition) is 5. The molecule has 0 spiro atoms. The first kappa shape index (κ1) is 13.8. The molecule has 1 saturated heterocycles. The van der Waals surface area contributed by atoms with Crippen LogP contribution in [0.2, 0.25) is 0 Å². The van der Waals surface area contributed by atoms with Gasteiger partial charge in [0.25, 0.3) is 5.91 Å². The minimum absolute atomic E-state index is 0.0348. The van der Waals surface area contributed by atoms with Crippen LogP contribution in [-0.2, 0) is 11.3 Å². The third-order valence-electron chi connectivity index (χ3n) is 3.50. The molecule has 1 aliphatic rings. The van der Waals surface area contributed by atoms with Gasteiger partial charge in [-0.2, -0.15) is 0 Å². The number of ether oxygens (including phenoxy) is 1. The van der Waals surface area contributed by atoms with E-state index in [4.69, 9.17) is 9.15 Å². The number of carbonyl (C=O) groups excluding carboxylic acids is 1. The van der Waals surface area contributed by atoms with Crippen molar-refractivity contribution >= 4 is 5.91 Å². The highest BCUT2D eigenvalue weighted by atomic mass is 16.5. The molecule has 2 aromatic rings. The summed E-state index contributed by atoms with van der Waals surface area (Å²) in [5.74, 6) is 0.152. The molecule has 0 radical (unpaired) electrons. The Morgan fingerprint density at radius 3 is 3.19 bits per heavy atom. The Morgan fingerprint density at radius 1 is 1.48 bits per heavy atom. The molecule has 0 aromatic carbocycles. The SMILES string of the molecule is O=C(c1cnco1)N1CCC[C@@H](OCc2ccccn2)C1. The minimum Gasteiger partial charge on any atom is -0.438 e. The summed E-state index contributed by atoms with van der Waals surface area (Å²) in [6.07, 6.45) is 6.37. The number of carbonyl (C=O) groups is 1. The lowest BCUT2D eigenvalue weighted by Gasteiger charge is -2.32. The maximum Gasteiger partial charge on any atom is 0.291 e. The van der Waals surface area contributed by atoms with Crippen LogP contribution in [0.25, 0.3) is 0 Å². The lowest BCUT2D eigenvalue weighted by molar-refractivity contribution is -0.00864. The Bertz CT molecular complexity index is 571. The average Bonchev–Trinajstić information content (AvgIpc) is 3.08. The number of amides is 1. The summed E-state index contributed by atoms with van der Waals surface area (Å²) in [6.45, 7) is 1.77. The van der Waals surface area contributed by atoms with Crippen molar-refractivity contribution in [3.63, 3.8) is 0 Å². The zero-order chi connectivity index (χ0) is 14.5. The van der Waals surface area contributed by atoms with Gasteiger partial charge in [0.05, 0.1) is 24.6 Å². The zero-order valence-electron chi connectivity index (χ0n) is 11.6. The summed E-state index contributed by atoms with van der Waals surface area (Å²) in [5, 5.41) is 0. The van der Waals surface area contributed by atoms with Crippen LogP contribution in [0.1, 0.15) is 29.1 Å². The van der Waals surface area contributed by atoms with Crippen LogP contribution < -0.4 is 0 Å². The van der Waals surface area contributed by atoms with E-state index in [-0.39, 0.29) is 17.8 Å². The highest BCUT2D eigenvalue weighted by molar-refractivity contribution is 5.91. The van der Waals surface area contributed by atoms with E-state index < -0.39 is 0 Å². The minimum atomic E-state index is -0.126. The van der Waals surface area contributed by atoms with Crippen LogP contribution in [-0.4, -0.2) is 40.0 Å². The molecule has 0 saturated carbocycles. The van der Waals surface area contributed by atoms with Crippen molar-refractivity contribution in [2.75, 3.05) is 13.1 Å². The average molecular weight is 287 g/mol. The van der Waals surface area contributed by atoms with Gasteiger partial charge in [0.1, 0.15) is 0 Å². The van der Waals surface area contributed by atoms with Crippen LogP contribution in [0.3, 0.4) is 0 Å². The Kier molecular flexibility index (Phi) is 4.25. The monoisotopic (exact) mass is 287 g/mol. The Morgan fingerprint density at radius 2 is 2.43 bits per heavy atom. The van der Waals surface area contributed by atoms with Crippen LogP contribution >= 0.6 is 0 Å². The van der Waals surface area contributed by atoms with E-state index >= 15 is 0 Å². The molecule has 0 N–H and O–H groups in total. The predicted octanol–water partition coefficient (Wildman–Crippen LogP) is 1.89. The van der Waals surface area contributed by atoms with Gasteiger partial charge >= 0.3 is 0 Å². The zero-order valence-corrected chi connectivity index (χ0v) is 11.6. The molecule has 21 heavy (non-hydrogen) atoms. The first-order valence-electron chi connectivity index (χ1n) is 7.02. The molecule has 0 unspecified atom stereocenters. The van der Waals surface area contributed by atoms with E-state index in [1.165, 1.54) is 12.6 Å². The third kappa shape index (κ3) is 3.46.